The number of ether oxygens (including phenoxy) is 1. The second-order valence-electron chi connectivity index (χ2n) is 8.54. The van der Waals surface area contributed by atoms with Gasteiger partial charge in [-0.15, -0.1) is 0 Å². The molecule has 0 saturated carbocycles. The molecule has 3 aromatic heterocycles. The summed E-state index contributed by atoms with van der Waals surface area (Å²) in [6.45, 7) is 4.69. The van der Waals surface area contributed by atoms with Crippen LogP contribution in [0.3, 0.4) is 0 Å². The minimum atomic E-state index is -0.0906. The molecule has 1 aliphatic rings. The normalized spacial score (nSPS) is 17.8. The number of fused-ring (bicyclic) bond motifs is 2. The number of nitrogen functional groups attached to an aromatic ring is 1. The van der Waals surface area contributed by atoms with Gasteiger partial charge in [0.15, 0.2) is 0 Å². The van der Waals surface area contributed by atoms with Crippen LogP contribution in [0.2, 0.25) is 0 Å². The Morgan fingerprint density at radius 3 is 2.94 bits per heavy atom. The Kier molecular flexibility index (Phi) is 5.56. The molecule has 0 aliphatic carbocycles. The number of hydrogen-bond acceptors (Lipinski definition) is 5. The zero-order valence-electron chi connectivity index (χ0n) is 19.2. The third-order valence-corrected chi connectivity index (χ3v) is 6.44. The molecule has 1 amide bonds. The van der Waals surface area contributed by atoms with Crippen LogP contribution < -0.4 is 5.73 Å². The van der Waals surface area contributed by atoms with Crippen molar-refractivity contribution in [3.05, 3.63) is 66.8 Å². The standard InChI is InChI=1S/C26H26N6O2/c1-4-24(33)32-14-19(12-20(32)15-34-3)31-13-18(25-23(31)9-10-28-26(25)27)7-5-17-6-8-22-21(11-17)29-16-30(22)2/h4,6,8-11,13,16,19-20H,1,12,14-15H2,2-3H3,(H2,27,28)/t19?,20-/m1/s1. The van der Waals surface area contributed by atoms with Gasteiger partial charge in [0.05, 0.1) is 52.5 Å². The van der Waals surface area contributed by atoms with Crippen LogP contribution in [0.1, 0.15) is 23.6 Å². The van der Waals surface area contributed by atoms with Crippen LogP contribution in [0.5, 0.6) is 0 Å². The molecule has 34 heavy (non-hydrogen) atoms. The molecule has 1 fully saturated rings. The Balaban J connectivity index is 1.54. The summed E-state index contributed by atoms with van der Waals surface area (Å²) in [5.41, 5.74) is 10.9. The Labute approximate surface area is 197 Å². The van der Waals surface area contributed by atoms with Crippen molar-refractivity contribution < 1.29 is 9.53 Å². The first kappa shape index (κ1) is 21.7. The summed E-state index contributed by atoms with van der Waals surface area (Å²) < 4.78 is 9.51. The van der Waals surface area contributed by atoms with E-state index < -0.39 is 0 Å². The summed E-state index contributed by atoms with van der Waals surface area (Å²) in [5.74, 6) is 6.90. The number of nitrogens with zero attached hydrogens (tertiary/aromatic N) is 5. The second kappa shape index (κ2) is 8.69. The molecular weight excluding hydrogens is 428 g/mol. The molecule has 1 aliphatic heterocycles. The first-order valence-corrected chi connectivity index (χ1v) is 11.1. The van der Waals surface area contributed by atoms with Gasteiger partial charge in [-0.05, 0) is 36.8 Å². The van der Waals surface area contributed by atoms with Crippen molar-refractivity contribution in [3.8, 4) is 11.8 Å². The molecule has 1 aromatic carbocycles. The molecule has 1 unspecified atom stereocenters. The minimum Gasteiger partial charge on any atom is -0.383 e. The number of nitrogens with two attached hydrogens (primary N) is 1. The highest BCUT2D eigenvalue weighted by Gasteiger charge is 2.35. The van der Waals surface area contributed by atoms with Gasteiger partial charge in [0.1, 0.15) is 5.82 Å². The van der Waals surface area contributed by atoms with Crippen LogP contribution in [0.25, 0.3) is 21.9 Å². The number of hydrogen-bond donors (Lipinski definition) is 1. The Morgan fingerprint density at radius 1 is 1.29 bits per heavy atom. The maximum atomic E-state index is 12.4. The van der Waals surface area contributed by atoms with Gasteiger partial charge in [-0.1, -0.05) is 18.4 Å². The summed E-state index contributed by atoms with van der Waals surface area (Å²) in [7, 11) is 3.62. The van der Waals surface area contributed by atoms with Gasteiger partial charge in [0.2, 0.25) is 5.91 Å². The van der Waals surface area contributed by atoms with E-state index in [-0.39, 0.29) is 18.0 Å². The van der Waals surface area contributed by atoms with Crippen molar-refractivity contribution in [1.82, 2.24) is 24.0 Å². The number of methoxy groups -OCH3 is 1. The zero-order chi connectivity index (χ0) is 23.8. The van der Waals surface area contributed by atoms with E-state index in [0.717, 1.165) is 39.5 Å². The highest BCUT2D eigenvalue weighted by atomic mass is 16.5. The average molecular weight is 455 g/mol. The smallest absolute Gasteiger partial charge is 0.246 e. The molecule has 8 heteroatoms. The van der Waals surface area contributed by atoms with E-state index >= 15 is 0 Å². The molecule has 2 N–H and O–H groups in total. The molecule has 0 radical (unpaired) electrons. The number of aryl methyl sites for hydroxylation is 1. The summed E-state index contributed by atoms with van der Waals surface area (Å²) in [4.78, 5) is 23.0. The number of likely N-dealkylation sites (tertiary alicyclic amines) is 1. The third-order valence-electron chi connectivity index (χ3n) is 6.44. The van der Waals surface area contributed by atoms with E-state index in [1.807, 2.05) is 47.0 Å². The van der Waals surface area contributed by atoms with Crippen molar-refractivity contribution in [2.75, 3.05) is 26.0 Å². The Bertz CT molecular complexity index is 1470. The molecule has 4 aromatic rings. The number of imidazole rings is 1. The number of aromatic nitrogens is 4. The molecule has 0 spiro atoms. The number of carbonyl (C=O) groups excluding carboxylic acids is 1. The second-order valence-corrected chi connectivity index (χ2v) is 8.54. The van der Waals surface area contributed by atoms with Crippen LogP contribution in [0, 0.1) is 11.8 Å². The van der Waals surface area contributed by atoms with E-state index in [0.29, 0.717) is 19.0 Å². The maximum Gasteiger partial charge on any atom is 0.246 e. The fourth-order valence-corrected chi connectivity index (χ4v) is 4.81. The molecule has 8 nitrogen and oxygen atoms in total. The monoisotopic (exact) mass is 454 g/mol. The lowest BCUT2D eigenvalue weighted by atomic mass is 10.1. The quantitative estimate of drug-likeness (QED) is 0.378. The molecule has 4 heterocycles. The highest BCUT2D eigenvalue weighted by molar-refractivity contribution is 5.95. The van der Waals surface area contributed by atoms with Gasteiger partial charge in [-0.2, -0.15) is 0 Å². The Morgan fingerprint density at radius 2 is 2.15 bits per heavy atom. The van der Waals surface area contributed by atoms with Gasteiger partial charge in [0, 0.05) is 38.7 Å². The van der Waals surface area contributed by atoms with Crippen LogP contribution in [0.4, 0.5) is 5.82 Å². The van der Waals surface area contributed by atoms with Crippen molar-refractivity contribution in [3.63, 3.8) is 0 Å². The fourth-order valence-electron chi connectivity index (χ4n) is 4.81. The molecule has 2 atom stereocenters. The van der Waals surface area contributed by atoms with Crippen molar-refractivity contribution >= 4 is 33.7 Å². The summed E-state index contributed by atoms with van der Waals surface area (Å²) in [5, 5.41) is 0.825. The number of anilines is 1. The van der Waals surface area contributed by atoms with Gasteiger partial charge >= 0.3 is 0 Å². The van der Waals surface area contributed by atoms with Crippen molar-refractivity contribution in [1.29, 1.82) is 0 Å². The lowest BCUT2D eigenvalue weighted by molar-refractivity contribution is -0.127. The number of carbonyl (C=O) groups is 1. The molecule has 1 saturated heterocycles. The predicted octanol–water partition coefficient (Wildman–Crippen LogP) is 2.88. The van der Waals surface area contributed by atoms with Gasteiger partial charge in [0.25, 0.3) is 0 Å². The number of amides is 1. The summed E-state index contributed by atoms with van der Waals surface area (Å²) in [6, 6.07) is 7.98. The van der Waals surface area contributed by atoms with Crippen molar-refractivity contribution in [2.45, 2.75) is 18.5 Å². The first-order valence-electron chi connectivity index (χ1n) is 11.1. The number of pyridine rings is 1. The Hall–Kier alpha value is -4.09. The largest absolute Gasteiger partial charge is 0.383 e. The van der Waals surface area contributed by atoms with Crippen molar-refractivity contribution in [2.24, 2.45) is 7.05 Å². The summed E-state index contributed by atoms with van der Waals surface area (Å²) in [6.07, 6.45) is 7.64. The SMILES string of the molecule is C=CC(=O)N1CC(n2cc(C#Cc3ccc4c(c3)ncn4C)c3c(N)nccc32)C[C@@H]1COC. The van der Waals surface area contributed by atoms with E-state index in [2.05, 4.69) is 33.0 Å². The molecule has 5 rings (SSSR count). The van der Waals surface area contributed by atoms with Crippen LogP contribution in [-0.4, -0.2) is 56.2 Å². The van der Waals surface area contributed by atoms with Gasteiger partial charge < -0.3 is 24.5 Å². The van der Waals surface area contributed by atoms with E-state index in [1.54, 1.807) is 19.6 Å². The average Bonchev–Trinajstić information content (AvgIpc) is 3.53. The third kappa shape index (κ3) is 3.70. The maximum absolute atomic E-state index is 12.4. The number of rotatable bonds is 4. The predicted molar refractivity (Wildman–Crippen MR) is 132 cm³/mol. The van der Waals surface area contributed by atoms with E-state index in [4.69, 9.17) is 10.5 Å². The molecule has 0 bridgehead atoms. The lowest BCUT2D eigenvalue weighted by Gasteiger charge is -2.22. The van der Waals surface area contributed by atoms with Crippen LogP contribution in [-0.2, 0) is 16.6 Å². The zero-order valence-corrected chi connectivity index (χ0v) is 19.2. The fraction of sp³-hybridized carbons (Fsp3) is 0.269. The van der Waals surface area contributed by atoms with Gasteiger partial charge in [-0.3, -0.25) is 4.79 Å². The molecular formula is C26H26N6O2. The minimum absolute atomic E-state index is 0.0169. The highest BCUT2D eigenvalue weighted by Crippen LogP contribution is 2.34. The van der Waals surface area contributed by atoms with E-state index in [9.17, 15) is 4.79 Å². The van der Waals surface area contributed by atoms with Crippen LogP contribution >= 0.6 is 0 Å². The van der Waals surface area contributed by atoms with E-state index in [1.165, 1.54) is 6.08 Å². The van der Waals surface area contributed by atoms with Gasteiger partial charge in [-0.25, -0.2) is 9.97 Å². The number of benzene rings is 1. The van der Waals surface area contributed by atoms with Crippen LogP contribution in [0.15, 0.2) is 55.6 Å². The molecule has 172 valence electrons. The first-order chi connectivity index (χ1) is 16.5. The summed E-state index contributed by atoms with van der Waals surface area (Å²) >= 11 is 0. The lowest BCUT2D eigenvalue weighted by Crippen LogP contribution is -2.37. The topological polar surface area (TPSA) is 91.2 Å².